The molecule has 6 heteroatoms. The van der Waals surface area contributed by atoms with Crippen molar-refractivity contribution in [3.63, 3.8) is 0 Å². The fraction of sp³-hybridized carbons (Fsp3) is 0.795. The van der Waals surface area contributed by atoms with Gasteiger partial charge in [-0.2, -0.15) is 0 Å². The molecular weight excluding hydrogens is 973 g/mol. The van der Waals surface area contributed by atoms with E-state index in [1.54, 1.807) is 0 Å². The Hall–Kier alpha value is -3.15. The summed E-state index contributed by atoms with van der Waals surface area (Å²) in [6, 6.07) is 0. The van der Waals surface area contributed by atoms with Crippen molar-refractivity contribution in [2.24, 2.45) is 0 Å². The standard InChI is InChI=1S/C73H130O6/c1-4-7-10-13-16-18-20-22-24-26-28-30-32-33-34-35-36-37-38-39-41-42-44-46-48-50-52-54-57-60-63-66-72(75)78-69-70(68-77-71(74)65-62-59-56-15-12-9-6-3)79-73(76)67-64-61-58-55-53-51-49-47-45-43-40-31-29-27-25-23-21-19-17-14-11-8-5-2/h20-23,26-29,32-33,40,43,70H,4-19,24-25,30-31,34-39,41-42,44-69H2,1-3H3/b22-20-,23-21-,28-26-,29-27-,33-32-,43-40-. The summed E-state index contributed by atoms with van der Waals surface area (Å²) in [6.45, 7) is 6.61. The molecule has 0 saturated heterocycles. The molecule has 0 radical (unpaired) electrons. The summed E-state index contributed by atoms with van der Waals surface area (Å²) in [5.41, 5.74) is 0. The number of ether oxygens (including phenoxy) is 3. The zero-order chi connectivity index (χ0) is 57.1. The van der Waals surface area contributed by atoms with Gasteiger partial charge in [0.1, 0.15) is 13.2 Å². The molecule has 0 fully saturated rings. The van der Waals surface area contributed by atoms with Crippen LogP contribution < -0.4 is 0 Å². The average Bonchev–Trinajstić information content (AvgIpc) is 3.45. The van der Waals surface area contributed by atoms with Crippen LogP contribution >= 0.6 is 0 Å². The maximum atomic E-state index is 12.9. The van der Waals surface area contributed by atoms with Crippen molar-refractivity contribution in [2.45, 2.75) is 361 Å². The van der Waals surface area contributed by atoms with Crippen LogP contribution in [0.2, 0.25) is 0 Å². The second-order valence-corrected chi connectivity index (χ2v) is 23.1. The van der Waals surface area contributed by atoms with Gasteiger partial charge < -0.3 is 14.2 Å². The summed E-state index contributed by atoms with van der Waals surface area (Å²) >= 11 is 0. The Morgan fingerprint density at radius 1 is 0.253 bits per heavy atom. The third kappa shape index (κ3) is 65.5. The van der Waals surface area contributed by atoms with Gasteiger partial charge >= 0.3 is 17.9 Å². The van der Waals surface area contributed by atoms with Gasteiger partial charge in [0, 0.05) is 19.3 Å². The minimum Gasteiger partial charge on any atom is -0.462 e. The van der Waals surface area contributed by atoms with Crippen molar-refractivity contribution in [1.29, 1.82) is 0 Å². The van der Waals surface area contributed by atoms with Crippen molar-refractivity contribution < 1.29 is 28.6 Å². The van der Waals surface area contributed by atoms with Gasteiger partial charge in [0.15, 0.2) is 6.10 Å². The Bertz CT molecular complexity index is 1450. The summed E-state index contributed by atoms with van der Waals surface area (Å²) in [5.74, 6) is -0.873. The first kappa shape index (κ1) is 75.8. The minimum absolute atomic E-state index is 0.0752. The highest BCUT2D eigenvalue weighted by Crippen LogP contribution is 2.17. The first-order valence-electron chi connectivity index (χ1n) is 34.4. The molecule has 0 aromatic carbocycles. The van der Waals surface area contributed by atoms with Crippen LogP contribution in [0, 0.1) is 0 Å². The third-order valence-electron chi connectivity index (χ3n) is 15.2. The van der Waals surface area contributed by atoms with Crippen molar-refractivity contribution in [2.75, 3.05) is 13.2 Å². The Morgan fingerprint density at radius 2 is 0.456 bits per heavy atom. The molecule has 0 aliphatic heterocycles. The molecule has 1 unspecified atom stereocenters. The highest BCUT2D eigenvalue weighted by atomic mass is 16.6. The lowest BCUT2D eigenvalue weighted by Gasteiger charge is -2.18. The molecule has 0 aromatic heterocycles. The van der Waals surface area contributed by atoms with Crippen LogP contribution in [0.15, 0.2) is 72.9 Å². The molecule has 79 heavy (non-hydrogen) atoms. The van der Waals surface area contributed by atoms with Gasteiger partial charge in [0.25, 0.3) is 0 Å². The van der Waals surface area contributed by atoms with E-state index in [2.05, 4.69) is 93.7 Å². The number of carbonyl (C=O) groups excluding carboxylic acids is 3. The zero-order valence-corrected chi connectivity index (χ0v) is 52.6. The topological polar surface area (TPSA) is 78.9 Å². The van der Waals surface area contributed by atoms with Crippen LogP contribution in [0.25, 0.3) is 0 Å². The molecule has 0 aliphatic rings. The smallest absolute Gasteiger partial charge is 0.306 e. The fourth-order valence-electron chi connectivity index (χ4n) is 9.99. The molecule has 1 atom stereocenters. The van der Waals surface area contributed by atoms with E-state index < -0.39 is 6.10 Å². The largest absolute Gasteiger partial charge is 0.462 e. The fourth-order valence-corrected chi connectivity index (χ4v) is 9.99. The van der Waals surface area contributed by atoms with E-state index in [0.29, 0.717) is 19.3 Å². The van der Waals surface area contributed by atoms with Crippen LogP contribution in [-0.2, 0) is 28.6 Å². The predicted octanol–water partition coefficient (Wildman–Crippen LogP) is 23.7. The van der Waals surface area contributed by atoms with Gasteiger partial charge in [-0.3, -0.25) is 14.4 Å². The number of rotatable bonds is 63. The van der Waals surface area contributed by atoms with Crippen molar-refractivity contribution in [1.82, 2.24) is 0 Å². The van der Waals surface area contributed by atoms with Gasteiger partial charge in [0.2, 0.25) is 0 Å². The molecule has 0 aliphatic carbocycles. The number of allylic oxidation sites excluding steroid dienone is 12. The van der Waals surface area contributed by atoms with Gasteiger partial charge in [-0.05, 0) is 96.3 Å². The SMILES string of the molecule is CCCCCCC/C=C\C/C=C\C/C=C\CCCCCCCCCCCCCCCCCCC(=O)OCC(COC(=O)CCCCCCCCC)OC(=O)CCCCCCCCCC/C=C\C/C=C\C/C=C\CCCCCCC. The number of esters is 3. The molecule has 0 heterocycles. The molecule has 0 saturated carbocycles. The highest BCUT2D eigenvalue weighted by Gasteiger charge is 2.19. The number of carbonyl (C=O) groups is 3. The van der Waals surface area contributed by atoms with E-state index in [4.69, 9.17) is 14.2 Å². The van der Waals surface area contributed by atoms with E-state index in [0.717, 1.165) is 89.9 Å². The Balaban J connectivity index is 4.07. The average molecular weight is 1100 g/mol. The van der Waals surface area contributed by atoms with Crippen LogP contribution in [0.1, 0.15) is 355 Å². The predicted molar refractivity (Wildman–Crippen MR) is 344 cm³/mol. The first-order valence-corrected chi connectivity index (χ1v) is 34.4. The zero-order valence-electron chi connectivity index (χ0n) is 52.6. The highest BCUT2D eigenvalue weighted by molar-refractivity contribution is 5.71. The number of unbranched alkanes of at least 4 members (excludes halogenated alkanes) is 40. The monoisotopic (exact) mass is 1100 g/mol. The Labute approximate surface area is 491 Å². The summed E-state index contributed by atoms with van der Waals surface area (Å²) < 4.78 is 16.9. The molecule has 6 nitrogen and oxygen atoms in total. The molecule has 0 bridgehead atoms. The molecule has 0 aromatic rings. The summed E-state index contributed by atoms with van der Waals surface area (Å²) in [5, 5.41) is 0. The third-order valence-corrected chi connectivity index (χ3v) is 15.2. The maximum absolute atomic E-state index is 12.9. The van der Waals surface area contributed by atoms with Gasteiger partial charge in [0.05, 0.1) is 0 Å². The molecule has 458 valence electrons. The lowest BCUT2D eigenvalue weighted by Crippen LogP contribution is -2.30. The van der Waals surface area contributed by atoms with Crippen LogP contribution in [0.3, 0.4) is 0 Å². The second-order valence-electron chi connectivity index (χ2n) is 23.1. The van der Waals surface area contributed by atoms with Gasteiger partial charge in [-0.1, -0.05) is 312 Å². The normalized spacial score (nSPS) is 12.5. The van der Waals surface area contributed by atoms with E-state index in [1.165, 1.54) is 225 Å². The van der Waals surface area contributed by atoms with E-state index in [1.807, 2.05) is 0 Å². The van der Waals surface area contributed by atoms with Crippen LogP contribution in [0.5, 0.6) is 0 Å². The molecule has 0 spiro atoms. The molecule has 0 N–H and O–H groups in total. The van der Waals surface area contributed by atoms with Crippen LogP contribution in [-0.4, -0.2) is 37.2 Å². The number of hydrogen-bond donors (Lipinski definition) is 0. The van der Waals surface area contributed by atoms with Crippen LogP contribution in [0.4, 0.5) is 0 Å². The lowest BCUT2D eigenvalue weighted by molar-refractivity contribution is -0.167. The van der Waals surface area contributed by atoms with Crippen molar-refractivity contribution in [3.8, 4) is 0 Å². The minimum atomic E-state index is -0.777. The lowest BCUT2D eigenvalue weighted by atomic mass is 10.0. The van der Waals surface area contributed by atoms with Gasteiger partial charge in [-0.25, -0.2) is 0 Å². The number of hydrogen-bond acceptors (Lipinski definition) is 6. The Kier molecular flexibility index (Phi) is 64.7. The first-order chi connectivity index (χ1) is 39.0. The van der Waals surface area contributed by atoms with E-state index in [9.17, 15) is 14.4 Å². The second kappa shape index (κ2) is 67.4. The quantitative estimate of drug-likeness (QED) is 0.0261. The maximum Gasteiger partial charge on any atom is 0.306 e. The molecule has 0 amide bonds. The summed E-state index contributed by atoms with van der Waals surface area (Å²) in [6.07, 6.45) is 88.1. The van der Waals surface area contributed by atoms with Crippen molar-refractivity contribution in [3.05, 3.63) is 72.9 Å². The van der Waals surface area contributed by atoms with Gasteiger partial charge in [-0.15, -0.1) is 0 Å². The Morgan fingerprint density at radius 3 is 0.709 bits per heavy atom. The molecule has 0 rings (SSSR count). The summed E-state index contributed by atoms with van der Waals surface area (Å²) in [7, 11) is 0. The van der Waals surface area contributed by atoms with E-state index in [-0.39, 0.29) is 31.1 Å². The van der Waals surface area contributed by atoms with Crippen molar-refractivity contribution >= 4 is 17.9 Å². The summed E-state index contributed by atoms with van der Waals surface area (Å²) in [4.78, 5) is 38.1. The van der Waals surface area contributed by atoms with E-state index >= 15 is 0 Å². The molecular formula is C73H130O6.